The highest BCUT2D eigenvalue weighted by Crippen LogP contribution is 2.17. The summed E-state index contributed by atoms with van der Waals surface area (Å²) >= 11 is 0. The van der Waals surface area contributed by atoms with E-state index in [1.54, 1.807) is 0 Å². The lowest BCUT2D eigenvalue weighted by Crippen LogP contribution is -2.37. The quantitative estimate of drug-likeness (QED) is 0.866. The van der Waals surface area contributed by atoms with Gasteiger partial charge in [-0.15, -0.1) is 0 Å². The summed E-state index contributed by atoms with van der Waals surface area (Å²) in [7, 11) is 0. The van der Waals surface area contributed by atoms with Gasteiger partial charge in [0.2, 0.25) is 0 Å². The van der Waals surface area contributed by atoms with Crippen molar-refractivity contribution in [2.24, 2.45) is 0 Å². The van der Waals surface area contributed by atoms with Crippen LogP contribution in [0.5, 0.6) is 5.75 Å². The van der Waals surface area contributed by atoms with Crippen LogP contribution < -0.4 is 15.0 Å². The van der Waals surface area contributed by atoms with Crippen LogP contribution in [0.1, 0.15) is 22.8 Å². The molecule has 2 aromatic carbocycles. The van der Waals surface area contributed by atoms with Crippen LogP contribution in [-0.4, -0.2) is 44.9 Å². The number of rotatable bonds is 6. The number of carbonyl (C=O) groups excluding carboxylic acids is 1. The van der Waals surface area contributed by atoms with E-state index < -0.39 is 0 Å². The fourth-order valence-electron chi connectivity index (χ4n) is 2.85. The zero-order valence-corrected chi connectivity index (χ0v) is 15.4. The molecule has 0 radical (unpaired) electrons. The SMILES string of the molecule is Cc1ccc(OC[C@H](C)NC(=O)c2ccc(N3CCOCC3)cc2)cc1. The number of nitrogens with one attached hydrogen (secondary N) is 1. The van der Waals surface area contributed by atoms with E-state index in [1.807, 2.05) is 62.4 Å². The number of carbonyl (C=O) groups is 1. The van der Waals surface area contributed by atoms with Crippen molar-refractivity contribution < 1.29 is 14.3 Å². The minimum Gasteiger partial charge on any atom is -0.491 e. The molecule has 0 bridgehead atoms. The molecule has 1 amide bonds. The Morgan fingerprint density at radius 3 is 2.42 bits per heavy atom. The Kier molecular flexibility index (Phi) is 6.12. The molecular weight excluding hydrogens is 328 g/mol. The Labute approximate surface area is 154 Å². The van der Waals surface area contributed by atoms with E-state index in [-0.39, 0.29) is 11.9 Å². The van der Waals surface area contributed by atoms with Gasteiger partial charge in [0.1, 0.15) is 12.4 Å². The van der Waals surface area contributed by atoms with Gasteiger partial charge in [-0.1, -0.05) is 17.7 Å². The summed E-state index contributed by atoms with van der Waals surface area (Å²) in [5.74, 6) is 0.727. The molecule has 1 saturated heterocycles. The monoisotopic (exact) mass is 354 g/mol. The van der Waals surface area contributed by atoms with Crippen molar-refractivity contribution in [2.45, 2.75) is 19.9 Å². The third-order valence-electron chi connectivity index (χ3n) is 4.40. The highest BCUT2D eigenvalue weighted by molar-refractivity contribution is 5.94. The molecule has 1 heterocycles. The van der Waals surface area contributed by atoms with Crippen LogP contribution in [0.3, 0.4) is 0 Å². The third-order valence-corrected chi connectivity index (χ3v) is 4.40. The van der Waals surface area contributed by atoms with Crippen molar-refractivity contribution in [3.8, 4) is 5.75 Å². The Morgan fingerprint density at radius 1 is 1.12 bits per heavy atom. The molecule has 0 spiro atoms. The summed E-state index contributed by atoms with van der Waals surface area (Å²) in [6.45, 7) is 7.69. The summed E-state index contributed by atoms with van der Waals surface area (Å²) in [6, 6.07) is 15.5. The van der Waals surface area contributed by atoms with E-state index in [1.165, 1.54) is 5.56 Å². The van der Waals surface area contributed by atoms with E-state index in [0.717, 1.165) is 37.7 Å². The van der Waals surface area contributed by atoms with Gasteiger partial charge in [0.15, 0.2) is 0 Å². The molecule has 0 aromatic heterocycles. The van der Waals surface area contributed by atoms with Crippen LogP contribution >= 0.6 is 0 Å². The van der Waals surface area contributed by atoms with Gasteiger partial charge in [-0.05, 0) is 50.2 Å². The van der Waals surface area contributed by atoms with Crippen molar-refractivity contribution in [1.29, 1.82) is 0 Å². The van der Waals surface area contributed by atoms with E-state index in [4.69, 9.17) is 9.47 Å². The van der Waals surface area contributed by atoms with Crippen LogP contribution in [0.15, 0.2) is 48.5 Å². The zero-order valence-electron chi connectivity index (χ0n) is 15.4. The second kappa shape index (κ2) is 8.72. The largest absolute Gasteiger partial charge is 0.491 e. The average Bonchev–Trinajstić information content (AvgIpc) is 2.68. The van der Waals surface area contributed by atoms with Crippen LogP contribution in [0, 0.1) is 6.92 Å². The minimum atomic E-state index is -0.0847. The number of amides is 1. The smallest absolute Gasteiger partial charge is 0.251 e. The summed E-state index contributed by atoms with van der Waals surface area (Å²) < 4.78 is 11.1. The predicted octanol–water partition coefficient (Wildman–Crippen LogP) is 3.03. The predicted molar refractivity (Wildman–Crippen MR) is 103 cm³/mol. The van der Waals surface area contributed by atoms with Crippen LogP contribution in [0.2, 0.25) is 0 Å². The number of ether oxygens (including phenoxy) is 2. The Morgan fingerprint density at radius 2 is 1.77 bits per heavy atom. The van der Waals surface area contributed by atoms with Crippen LogP contribution in [0.4, 0.5) is 5.69 Å². The lowest BCUT2D eigenvalue weighted by Gasteiger charge is -2.28. The van der Waals surface area contributed by atoms with Gasteiger partial charge in [0, 0.05) is 24.3 Å². The van der Waals surface area contributed by atoms with Crippen molar-refractivity contribution in [2.75, 3.05) is 37.8 Å². The molecule has 0 aliphatic carbocycles. The first-order valence-corrected chi connectivity index (χ1v) is 9.05. The van der Waals surface area contributed by atoms with Gasteiger partial charge < -0.3 is 19.7 Å². The molecule has 2 aromatic rings. The van der Waals surface area contributed by atoms with Crippen LogP contribution in [0.25, 0.3) is 0 Å². The number of hydrogen-bond acceptors (Lipinski definition) is 4. The molecule has 3 rings (SSSR count). The van der Waals surface area contributed by atoms with Crippen molar-refractivity contribution in [1.82, 2.24) is 5.32 Å². The molecular formula is C21H26N2O3. The van der Waals surface area contributed by atoms with Gasteiger partial charge in [0.25, 0.3) is 5.91 Å². The summed E-state index contributed by atoms with van der Waals surface area (Å²) in [5.41, 5.74) is 2.98. The number of aryl methyl sites for hydroxylation is 1. The molecule has 1 atom stereocenters. The Bertz CT molecular complexity index is 707. The first-order valence-electron chi connectivity index (χ1n) is 9.05. The first kappa shape index (κ1) is 18.3. The van der Waals surface area contributed by atoms with Crippen molar-refractivity contribution in [3.63, 3.8) is 0 Å². The Hall–Kier alpha value is -2.53. The maximum atomic E-state index is 12.4. The molecule has 5 heteroatoms. The topological polar surface area (TPSA) is 50.8 Å². The normalized spacial score (nSPS) is 15.4. The van der Waals surface area contributed by atoms with Gasteiger partial charge in [-0.25, -0.2) is 0 Å². The van der Waals surface area contributed by atoms with E-state index >= 15 is 0 Å². The van der Waals surface area contributed by atoms with E-state index in [2.05, 4.69) is 10.2 Å². The fourth-order valence-corrected chi connectivity index (χ4v) is 2.85. The average molecular weight is 354 g/mol. The molecule has 1 N–H and O–H groups in total. The van der Waals surface area contributed by atoms with Gasteiger partial charge in [-0.2, -0.15) is 0 Å². The van der Waals surface area contributed by atoms with E-state index in [9.17, 15) is 4.79 Å². The molecule has 138 valence electrons. The molecule has 1 fully saturated rings. The lowest BCUT2D eigenvalue weighted by atomic mass is 10.1. The molecule has 0 unspecified atom stereocenters. The zero-order chi connectivity index (χ0) is 18.4. The highest BCUT2D eigenvalue weighted by atomic mass is 16.5. The Balaban J connectivity index is 1.49. The van der Waals surface area contributed by atoms with Crippen molar-refractivity contribution >= 4 is 11.6 Å². The molecule has 1 aliphatic heterocycles. The number of morpholine rings is 1. The fraction of sp³-hybridized carbons (Fsp3) is 0.381. The number of anilines is 1. The minimum absolute atomic E-state index is 0.0808. The molecule has 5 nitrogen and oxygen atoms in total. The standard InChI is InChI=1S/C21H26N2O3/c1-16-3-9-20(10-4-16)26-15-17(2)22-21(24)18-5-7-19(8-6-18)23-11-13-25-14-12-23/h3-10,17H,11-15H2,1-2H3,(H,22,24)/t17-/m0/s1. The third kappa shape index (κ3) is 4.99. The molecule has 0 saturated carbocycles. The van der Waals surface area contributed by atoms with Gasteiger partial charge in [-0.3, -0.25) is 4.79 Å². The summed E-state index contributed by atoms with van der Waals surface area (Å²) in [4.78, 5) is 14.7. The number of nitrogens with zero attached hydrogens (tertiary/aromatic N) is 1. The van der Waals surface area contributed by atoms with Gasteiger partial charge in [0.05, 0.1) is 19.3 Å². The number of benzene rings is 2. The first-order chi connectivity index (χ1) is 12.6. The molecule has 26 heavy (non-hydrogen) atoms. The summed E-state index contributed by atoms with van der Waals surface area (Å²) in [6.07, 6.45) is 0. The van der Waals surface area contributed by atoms with E-state index in [0.29, 0.717) is 12.2 Å². The highest BCUT2D eigenvalue weighted by Gasteiger charge is 2.13. The van der Waals surface area contributed by atoms with Crippen LogP contribution in [-0.2, 0) is 4.74 Å². The maximum Gasteiger partial charge on any atom is 0.251 e. The second-order valence-electron chi connectivity index (χ2n) is 6.64. The molecule has 1 aliphatic rings. The second-order valence-corrected chi connectivity index (χ2v) is 6.64. The van der Waals surface area contributed by atoms with Gasteiger partial charge >= 0.3 is 0 Å². The summed E-state index contributed by atoms with van der Waals surface area (Å²) in [5, 5.41) is 2.98. The maximum absolute atomic E-state index is 12.4. The lowest BCUT2D eigenvalue weighted by molar-refractivity contribution is 0.0926. The van der Waals surface area contributed by atoms with Crippen molar-refractivity contribution in [3.05, 3.63) is 59.7 Å². The number of hydrogen-bond donors (Lipinski definition) is 1.